The molecular weight excluding hydrogens is 271 g/mol. The van der Waals surface area contributed by atoms with Gasteiger partial charge in [0.1, 0.15) is 0 Å². The van der Waals surface area contributed by atoms with Crippen molar-refractivity contribution >= 4 is 34.8 Å². The van der Waals surface area contributed by atoms with Gasteiger partial charge in [-0.25, -0.2) is 0 Å². The van der Waals surface area contributed by atoms with Crippen molar-refractivity contribution in [2.45, 2.75) is 49.5 Å². The van der Waals surface area contributed by atoms with E-state index in [2.05, 4.69) is 0 Å². The molecule has 0 rings (SSSR count). The van der Waals surface area contributed by atoms with E-state index in [4.69, 9.17) is 34.8 Å². The Labute approximate surface area is 103 Å². The Balaban J connectivity index is 4.61. The maximum absolute atomic E-state index is 12.4. The Kier molecular flexibility index (Phi) is 5.10. The summed E-state index contributed by atoms with van der Waals surface area (Å²) in [4.78, 5) is 0. The van der Waals surface area contributed by atoms with Crippen molar-refractivity contribution in [3.8, 4) is 0 Å². The number of halogens is 6. The van der Waals surface area contributed by atoms with E-state index < -0.39 is 27.7 Å². The van der Waals surface area contributed by atoms with Gasteiger partial charge in [0.2, 0.25) is 4.33 Å². The minimum absolute atomic E-state index is 0.429. The summed E-state index contributed by atoms with van der Waals surface area (Å²) in [5, 5.41) is -0.723. The molecule has 0 radical (unpaired) electrons. The molecule has 0 aliphatic heterocycles. The Morgan fingerprint density at radius 3 is 1.80 bits per heavy atom. The summed E-state index contributed by atoms with van der Waals surface area (Å²) in [6.07, 6.45) is -4.52. The first-order chi connectivity index (χ1) is 6.44. The largest absolute Gasteiger partial charge is 0.421 e. The van der Waals surface area contributed by atoms with Crippen LogP contribution in [-0.2, 0) is 0 Å². The van der Waals surface area contributed by atoms with Crippen molar-refractivity contribution in [2.24, 2.45) is 5.41 Å². The van der Waals surface area contributed by atoms with Crippen LogP contribution in [0.15, 0.2) is 0 Å². The Morgan fingerprint density at radius 2 is 1.53 bits per heavy atom. The SMILES string of the molecule is CCC(C)(C)C(Cl)CC(Cl)(Cl)C(F)(F)F. The van der Waals surface area contributed by atoms with Gasteiger partial charge < -0.3 is 0 Å². The van der Waals surface area contributed by atoms with Crippen LogP contribution in [-0.4, -0.2) is 15.9 Å². The highest BCUT2D eigenvalue weighted by atomic mass is 35.5. The highest BCUT2D eigenvalue weighted by Crippen LogP contribution is 2.47. The molecule has 0 aliphatic carbocycles. The molecule has 0 fully saturated rings. The maximum Gasteiger partial charge on any atom is 0.421 e. The molecule has 1 unspecified atom stereocenters. The van der Waals surface area contributed by atoms with E-state index in [1.165, 1.54) is 0 Å². The molecule has 0 N–H and O–H groups in total. The second-order valence-electron chi connectivity index (χ2n) is 4.22. The van der Waals surface area contributed by atoms with Crippen molar-refractivity contribution in [1.29, 1.82) is 0 Å². The zero-order chi connectivity index (χ0) is 12.5. The Hall–Kier alpha value is 0.660. The second-order valence-corrected chi connectivity index (χ2v) is 6.23. The number of rotatable bonds is 4. The third kappa shape index (κ3) is 4.20. The highest BCUT2D eigenvalue weighted by Gasteiger charge is 2.54. The predicted octanol–water partition coefficient (Wildman–Crippen LogP) is 5.16. The summed E-state index contributed by atoms with van der Waals surface area (Å²) in [5.41, 5.74) is -0.429. The van der Waals surface area contributed by atoms with Crippen LogP contribution in [0.25, 0.3) is 0 Å². The van der Waals surface area contributed by atoms with E-state index in [0.29, 0.717) is 6.42 Å². The molecule has 15 heavy (non-hydrogen) atoms. The van der Waals surface area contributed by atoms with Crippen molar-refractivity contribution in [3.63, 3.8) is 0 Å². The molecule has 0 aromatic rings. The molecule has 0 aromatic heterocycles. The lowest BCUT2D eigenvalue weighted by atomic mass is 9.84. The fraction of sp³-hybridized carbons (Fsp3) is 1.00. The molecule has 0 spiro atoms. The van der Waals surface area contributed by atoms with Gasteiger partial charge in [-0.1, -0.05) is 44.0 Å². The third-order valence-electron chi connectivity index (χ3n) is 2.61. The van der Waals surface area contributed by atoms with Gasteiger partial charge in [-0.3, -0.25) is 0 Å². The lowest BCUT2D eigenvalue weighted by Crippen LogP contribution is -2.39. The van der Waals surface area contributed by atoms with Gasteiger partial charge in [-0.05, 0) is 11.8 Å². The molecule has 0 amide bonds. The summed E-state index contributed by atoms with van der Waals surface area (Å²) in [6.45, 7) is 5.42. The first-order valence-electron chi connectivity index (χ1n) is 4.52. The lowest BCUT2D eigenvalue weighted by Gasteiger charge is -2.33. The topological polar surface area (TPSA) is 0 Å². The fourth-order valence-electron chi connectivity index (χ4n) is 0.839. The van der Waals surface area contributed by atoms with Crippen LogP contribution in [0.4, 0.5) is 13.2 Å². The zero-order valence-electron chi connectivity index (χ0n) is 8.76. The summed E-state index contributed by atoms with van der Waals surface area (Å²) < 4.78 is 34.3. The van der Waals surface area contributed by atoms with Gasteiger partial charge in [-0.15, -0.1) is 11.6 Å². The molecule has 92 valence electrons. The van der Waals surface area contributed by atoms with E-state index in [-0.39, 0.29) is 0 Å². The van der Waals surface area contributed by atoms with Crippen LogP contribution in [0, 0.1) is 5.41 Å². The fourth-order valence-corrected chi connectivity index (χ4v) is 1.69. The third-order valence-corrected chi connectivity index (χ3v) is 4.09. The van der Waals surface area contributed by atoms with Crippen LogP contribution in [0.3, 0.4) is 0 Å². The van der Waals surface area contributed by atoms with Crippen LogP contribution < -0.4 is 0 Å². The first kappa shape index (κ1) is 15.7. The Morgan fingerprint density at radius 1 is 1.13 bits per heavy atom. The smallest absolute Gasteiger partial charge is 0.168 e. The van der Waals surface area contributed by atoms with Crippen molar-refractivity contribution in [2.75, 3.05) is 0 Å². The first-order valence-corrected chi connectivity index (χ1v) is 5.72. The van der Waals surface area contributed by atoms with Gasteiger partial charge in [-0.2, -0.15) is 13.2 Å². The van der Waals surface area contributed by atoms with E-state index in [9.17, 15) is 13.2 Å². The van der Waals surface area contributed by atoms with Gasteiger partial charge in [0.25, 0.3) is 0 Å². The minimum Gasteiger partial charge on any atom is -0.168 e. The molecule has 0 bridgehead atoms. The summed E-state index contributed by atoms with van der Waals surface area (Å²) >= 11 is 16.3. The van der Waals surface area contributed by atoms with E-state index in [0.717, 1.165) is 0 Å². The van der Waals surface area contributed by atoms with Crippen molar-refractivity contribution < 1.29 is 13.2 Å². The number of hydrogen-bond donors (Lipinski definition) is 0. The summed E-state index contributed by atoms with van der Waals surface area (Å²) in [5.74, 6) is 0. The highest BCUT2D eigenvalue weighted by molar-refractivity contribution is 6.49. The quantitative estimate of drug-likeness (QED) is 0.626. The number of alkyl halides is 6. The van der Waals surface area contributed by atoms with E-state index in [1.54, 1.807) is 13.8 Å². The van der Waals surface area contributed by atoms with E-state index >= 15 is 0 Å². The normalized spacial score (nSPS) is 16.6. The van der Waals surface area contributed by atoms with Gasteiger partial charge in [0, 0.05) is 11.8 Å². The van der Waals surface area contributed by atoms with Crippen LogP contribution in [0.2, 0.25) is 0 Å². The average Bonchev–Trinajstić information content (AvgIpc) is 2.01. The Bertz CT molecular complexity index is 211. The van der Waals surface area contributed by atoms with Gasteiger partial charge in [0.05, 0.1) is 0 Å². The van der Waals surface area contributed by atoms with Crippen LogP contribution in [0.5, 0.6) is 0 Å². The molecule has 0 nitrogen and oxygen atoms in total. The molecule has 0 saturated heterocycles. The molecule has 0 saturated carbocycles. The van der Waals surface area contributed by atoms with Crippen LogP contribution in [0.1, 0.15) is 33.6 Å². The van der Waals surface area contributed by atoms with Crippen LogP contribution >= 0.6 is 34.8 Å². The molecular formula is C9H14Cl3F3. The van der Waals surface area contributed by atoms with Crippen molar-refractivity contribution in [1.82, 2.24) is 0 Å². The van der Waals surface area contributed by atoms with Gasteiger partial charge in [0.15, 0.2) is 0 Å². The van der Waals surface area contributed by atoms with Gasteiger partial charge >= 0.3 is 6.18 Å². The maximum atomic E-state index is 12.4. The zero-order valence-corrected chi connectivity index (χ0v) is 11.0. The lowest BCUT2D eigenvalue weighted by molar-refractivity contribution is -0.143. The van der Waals surface area contributed by atoms with E-state index in [1.807, 2.05) is 6.92 Å². The summed E-state index contributed by atoms with van der Waals surface area (Å²) in [7, 11) is 0. The minimum atomic E-state index is -4.66. The molecule has 6 heteroatoms. The second kappa shape index (κ2) is 4.89. The monoisotopic (exact) mass is 284 g/mol. The predicted molar refractivity (Wildman–Crippen MR) is 58.8 cm³/mol. The number of hydrogen-bond acceptors (Lipinski definition) is 0. The average molecular weight is 286 g/mol. The molecule has 1 atom stereocenters. The molecule has 0 aliphatic rings. The molecule has 0 aromatic carbocycles. The summed E-state index contributed by atoms with van der Waals surface area (Å²) in [6, 6.07) is 0. The standard InChI is InChI=1S/C9H14Cl3F3/c1-4-7(2,3)6(10)5-8(11,12)9(13,14)15/h6H,4-5H2,1-3H3. The van der Waals surface area contributed by atoms with Crippen molar-refractivity contribution in [3.05, 3.63) is 0 Å². The molecule has 0 heterocycles.